The van der Waals surface area contributed by atoms with Crippen molar-refractivity contribution in [2.75, 3.05) is 24.7 Å². The third kappa shape index (κ3) is 11.7. The molecule has 0 spiro atoms. The van der Waals surface area contributed by atoms with E-state index >= 15 is 0 Å². The lowest BCUT2D eigenvalue weighted by Crippen LogP contribution is -2.38. The topological polar surface area (TPSA) is 86.7 Å². The van der Waals surface area contributed by atoms with Gasteiger partial charge in [0.25, 0.3) is 0 Å². The Hall–Kier alpha value is -1.80. The fourth-order valence-electron chi connectivity index (χ4n) is 6.48. The maximum absolute atomic E-state index is 13.0. The second kappa shape index (κ2) is 16.9. The predicted octanol–water partition coefficient (Wildman–Crippen LogP) is 7.27. The van der Waals surface area contributed by atoms with Crippen molar-refractivity contribution in [3.63, 3.8) is 0 Å². The normalized spacial score (nSPS) is 26.0. The molecule has 0 fully saturated rings. The molecule has 0 aliphatic heterocycles. The Morgan fingerprint density at radius 2 is 1.10 bits per heavy atom. The van der Waals surface area contributed by atoms with Crippen LogP contribution >= 0.6 is 23.5 Å². The lowest BCUT2D eigenvalue weighted by Gasteiger charge is -2.39. The summed E-state index contributed by atoms with van der Waals surface area (Å²) in [6.45, 7) is 17.4. The lowest BCUT2D eigenvalue weighted by atomic mass is 9.65. The summed E-state index contributed by atoms with van der Waals surface area (Å²) in [5.41, 5.74) is -0.0570. The SMILES string of the molecule is CC(CC(=O)C1C(C)C=CCC1(C)C)SCCOC(=O)/C=C\C(=O)OCCSC(C)CC(=O)C1C(C)C=CCC1(C)C. The van der Waals surface area contributed by atoms with Gasteiger partial charge >= 0.3 is 11.9 Å². The Balaban J connectivity index is 1.58. The Labute approximate surface area is 262 Å². The largest absolute Gasteiger partial charge is 0.462 e. The van der Waals surface area contributed by atoms with Gasteiger partial charge in [-0.05, 0) is 35.5 Å². The molecule has 0 radical (unpaired) electrons. The number of carbonyl (C=O) groups excluding carboxylic acids is 4. The van der Waals surface area contributed by atoms with Crippen LogP contribution in [-0.4, -0.2) is 58.7 Å². The fraction of sp³-hybridized carbons (Fsp3) is 0.706. The zero-order chi connectivity index (χ0) is 31.5. The van der Waals surface area contributed by atoms with Crippen molar-refractivity contribution in [3.05, 3.63) is 36.5 Å². The van der Waals surface area contributed by atoms with Crippen LogP contribution in [0.15, 0.2) is 36.5 Å². The van der Waals surface area contributed by atoms with Crippen molar-refractivity contribution in [1.29, 1.82) is 0 Å². The van der Waals surface area contributed by atoms with Crippen LogP contribution in [0.5, 0.6) is 0 Å². The average Bonchev–Trinajstić information content (AvgIpc) is 2.86. The summed E-state index contributed by atoms with van der Waals surface area (Å²) in [4.78, 5) is 49.9. The van der Waals surface area contributed by atoms with Gasteiger partial charge in [0.2, 0.25) is 0 Å². The molecule has 0 bridgehead atoms. The van der Waals surface area contributed by atoms with E-state index in [1.807, 2.05) is 13.8 Å². The number of ether oxygens (including phenoxy) is 2. The summed E-state index contributed by atoms with van der Waals surface area (Å²) in [5.74, 6) is 1.10. The van der Waals surface area contributed by atoms with Gasteiger partial charge in [-0.2, -0.15) is 23.5 Å². The molecule has 6 nitrogen and oxygen atoms in total. The number of ketones is 2. The monoisotopic (exact) mass is 620 g/mol. The first kappa shape index (κ1) is 36.4. The van der Waals surface area contributed by atoms with Crippen molar-refractivity contribution in [2.24, 2.45) is 34.5 Å². The van der Waals surface area contributed by atoms with Crippen LogP contribution in [-0.2, 0) is 28.7 Å². The summed E-state index contributed by atoms with van der Waals surface area (Å²) in [5, 5.41) is 0.267. The summed E-state index contributed by atoms with van der Waals surface area (Å²) in [7, 11) is 0. The minimum absolute atomic E-state index is 0.0279. The van der Waals surface area contributed by atoms with Crippen LogP contribution in [0.2, 0.25) is 0 Å². The smallest absolute Gasteiger partial charge is 0.331 e. The number of Topliss-reactive ketones (excluding diaryl/α,β-unsaturated/α-hetero) is 2. The molecule has 0 N–H and O–H groups in total. The molecule has 0 saturated heterocycles. The van der Waals surface area contributed by atoms with E-state index in [1.165, 1.54) is 0 Å². The van der Waals surface area contributed by atoms with E-state index in [-0.39, 0.29) is 58.2 Å². The first-order chi connectivity index (χ1) is 19.6. The van der Waals surface area contributed by atoms with Crippen molar-refractivity contribution in [1.82, 2.24) is 0 Å². The molecule has 0 aromatic rings. The van der Waals surface area contributed by atoms with E-state index in [1.54, 1.807) is 23.5 Å². The van der Waals surface area contributed by atoms with Gasteiger partial charge in [0.1, 0.15) is 24.8 Å². The highest BCUT2D eigenvalue weighted by Crippen LogP contribution is 2.43. The fourth-order valence-corrected chi connectivity index (χ4v) is 8.21. The van der Waals surface area contributed by atoms with E-state index in [2.05, 4.69) is 65.8 Å². The molecule has 2 aliphatic rings. The van der Waals surface area contributed by atoms with Gasteiger partial charge in [-0.25, -0.2) is 9.59 Å². The highest BCUT2D eigenvalue weighted by Gasteiger charge is 2.40. The number of hydrogen-bond donors (Lipinski definition) is 0. The Morgan fingerprint density at radius 1 is 0.738 bits per heavy atom. The number of thioether (sulfide) groups is 2. The second-order valence-corrected chi connectivity index (χ2v) is 16.4. The first-order valence-electron chi connectivity index (χ1n) is 15.3. The van der Waals surface area contributed by atoms with Crippen molar-refractivity contribution in [3.8, 4) is 0 Å². The van der Waals surface area contributed by atoms with E-state index in [0.717, 1.165) is 25.0 Å². The molecule has 42 heavy (non-hydrogen) atoms. The molecule has 236 valence electrons. The van der Waals surface area contributed by atoms with Gasteiger partial charge < -0.3 is 9.47 Å². The van der Waals surface area contributed by atoms with Gasteiger partial charge in [0.05, 0.1) is 0 Å². The first-order valence-corrected chi connectivity index (χ1v) is 17.4. The molecule has 6 atom stereocenters. The van der Waals surface area contributed by atoms with E-state index < -0.39 is 11.9 Å². The van der Waals surface area contributed by atoms with Crippen LogP contribution in [0.25, 0.3) is 0 Å². The zero-order valence-electron chi connectivity index (χ0n) is 26.9. The number of rotatable bonds is 16. The summed E-state index contributed by atoms with van der Waals surface area (Å²) < 4.78 is 10.4. The molecule has 0 amide bonds. The maximum atomic E-state index is 13.0. The van der Waals surface area contributed by atoms with Crippen LogP contribution in [0.4, 0.5) is 0 Å². The van der Waals surface area contributed by atoms with Gasteiger partial charge in [0, 0.05) is 58.8 Å². The molecule has 0 aromatic carbocycles. The third-order valence-electron chi connectivity index (χ3n) is 8.39. The number of carbonyl (C=O) groups is 4. The standard InChI is InChI=1S/C34H52O6S2/c1-23-11-9-15-33(5,6)31(23)27(35)21-25(3)41-19-17-39-29(37)13-14-30(38)40-18-20-42-26(4)22-28(36)32-24(2)12-10-16-34(32,7)8/h9-14,23-26,31-32H,15-22H2,1-8H3/b14-13-. The minimum Gasteiger partial charge on any atom is -0.462 e. The lowest BCUT2D eigenvalue weighted by molar-refractivity contribution is -0.139. The number of esters is 2. The van der Waals surface area contributed by atoms with E-state index in [4.69, 9.17) is 9.47 Å². The van der Waals surface area contributed by atoms with Crippen molar-refractivity contribution in [2.45, 2.75) is 91.6 Å². The minimum atomic E-state index is -0.600. The Morgan fingerprint density at radius 3 is 1.43 bits per heavy atom. The third-order valence-corrected chi connectivity index (χ3v) is 10.7. The van der Waals surface area contributed by atoms with Crippen LogP contribution in [0, 0.1) is 34.5 Å². The van der Waals surface area contributed by atoms with Gasteiger partial charge in [-0.15, -0.1) is 0 Å². The summed E-state index contributed by atoms with van der Waals surface area (Å²) in [6, 6.07) is 0. The quantitative estimate of drug-likeness (QED) is 0.0771. The summed E-state index contributed by atoms with van der Waals surface area (Å²) in [6.07, 6.45) is 13.7. The predicted molar refractivity (Wildman–Crippen MR) is 175 cm³/mol. The van der Waals surface area contributed by atoms with Crippen molar-refractivity contribution >= 4 is 47.0 Å². The number of allylic oxidation sites excluding steroid dienone is 4. The Kier molecular flexibility index (Phi) is 14.6. The molecule has 0 aromatic heterocycles. The zero-order valence-corrected chi connectivity index (χ0v) is 28.5. The van der Waals surface area contributed by atoms with E-state index in [0.29, 0.717) is 35.9 Å². The van der Waals surface area contributed by atoms with Gasteiger partial charge in [0.15, 0.2) is 0 Å². The Bertz CT molecular complexity index is 947. The van der Waals surface area contributed by atoms with Crippen LogP contribution in [0.1, 0.15) is 81.1 Å². The molecular formula is C34H52O6S2. The average molecular weight is 621 g/mol. The highest BCUT2D eigenvalue weighted by molar-refractivity contribution is 8.00. The van der Waals surface area contributed by atoms with E-state index in [9.17, 15) is 19.2 Å². The molecule has 0 heterocycles. The van der Waals surface area contributed by atoms with Crippen LogP contribution < -0.4 is 0 Å². The second-order valence-electron chi connectivity index (χ2n) is 13.3. The molecular weight excluding hydrogens is 569 g/mol. The molecule has 2 rings (SSSR count). The molecule has 8 heteroatoms. The molecule has 0 saturated carbocycles. The summed E-state index contributed by atoms with van der Waals surface area (Å²) >= 11 is 3.21. The van der Waals surface area contributed by atoms with Crippen molar-refractivity contribution < 1.29 is 28.7 Å². The highest BCUT2D eigenvalue weighted by atomic mass is 32.2. The van der Waals surface area contributed by atoms with Gasteiger partial charge in [-0.1, -0.05) is 79.7 Å². The van der Waals surface area contributed by atoms with Gasteiger partial charge in [-0.3, -0.25) is 9.59 Å². The molecule has 6 unspecified atom stereocenters. The number of hydrogen-bond acceptors (Lipinski definition) is 8. The maximum Gasteiger partial charge on any atom is 0.331 e. The van der Waals surface area contributed by atoms with Crippen LogP contribution in [0.3, 0.4) is 0 Å². The molecule has 2 aliphatic carbocycles.